The van der Waals surface area contributed by atoms with E-state index in [2.05, 4.69) is 18.3 Å². The van der Waals surface area contributed by atoms with Crippen molar-refractivity contribution in [3.63, 3.8) is 0 Å². The molecule has 62 valence electrons. The number of hydrogen-bond acceptors (Lipinski definition) is 2. The normalized spacial score (nSPS) is 31.0. The van der Waals surface area contributed by atoms with Crippen molar-refractivity contribution in [3.8, 4) is 12.3 Å². The molecule has 1 aliphatic rings. The second kappa shape index (κ2) is 3.75. The second-order valence-electron chi connectivity index (χ2n) is 3.39. The van der Waals surface area contributed by atoms with Crippen molar-refractivity contribution in [2.45, 2.75) is 32.2 Å². The fourth-order valence-electron chi connectivity index (χ4n) is 1.57. The predicted molar refractivity (Wildman–Crippen MR) is 46.4 cm³/mol. The monoisotopic (exact) mass is 152 g/mol. The molecular formula is C9H16N2. The van der Waals surface area contributed by atoms with Crippen molar-refractivity contribution < 1.29 is 0 Å². The van der Waals surface area contributed by atoms with Crippen LogP contribution >= 0.6 is 0 Å². The van der Waals surface area contributed by atoms with Gasteiger partial charge in [-0.2, -0.15) is 0 Å². The fraction of sp³-hybridized carbons (Fsp3) is 0.778. The van der Waals surface area contributed by atoms with Gasteiger partial charge >= 0.3 is 0 Å². The zero-order chi connectivity index (χ0) is 8.27. The Morgan fingerprint density at radius 3 is 2.82 bits per heavy atom. The van der Waals surface area contributed by atoms with Crippen LogP contribution in [-0.2, 0) is 0 Å². The number of rotatable bonds is 4. The number of hydrogen-bond donors (Lipinski definition) is 2. The largest absolute Gasteiger partial charge is 0.271 e. The van der Waals surface area contributed by atoms with Crippen molar-refractivity contribution >= 4 is 0 Å². The molecule has 3 atom stereocenters. The van der Waals surface area contributed by atoms with Gasteiger partial charge in [-0.1, -0.05) is 6.92 Å². The van der Waals surface area contributed by atoms with E-state index >= 15 is 0 Å². The van der Waals surface area contributed by atoms with E-state index in [0.717, 1.165) is 24.7 Å². The molecule has 1 rings (SSSR count). The summed E-state index contributed by atoms with van der Waals surface area (Å²) in [5, 5.41) is 0. The molecule has 1 saturated carbocycles. The van der Waals surface area contributed by atoms with Crippen LogP contribution in [0.1, 0.15) is 26.2 Å². The highest BCUT2D eigenvalue weighted by Gasteiger charge is 2.38. The second-order valence-corrected chi connectivity index (χ2v) is 3.39. The maximum Gasteiger partial charge on any atom is 0.0250 e. The summed E-state index contributed by atoms with van der Waals surface area (Å²) >= 11 is 0. The van der Waals surface area contributed by atoms with Gasteiger partial charge in [0.2, 0.25) is 0 Å². The molecule has 2 nitrogen and oxygen atoms in total. The Hall–Kier alpha value is -0.520. The third-order valence-corrected chi connectivity index (χ3v) is 2.50. The third-order valence-electron chi connectivity index (χ3n) is 2.50. The topological polar surface area (TPSA) is 38.0 Å². The molecule has 0 aromatic heterocycles. The minimum Gasteiger partial charge on any atom is -0.271 e. The smallest absolute Gasteiger partial charge is 0.0250 e. The number of nitrogens with two attached hydrogens (primary N) is 1. The quantitative estimate of drug-likeness (QED) is 0.356. The first-order valence-corrected chi connectivity index (χ1v) is 4.19. The molecule has 0 bridgehead atoms. The summed E-state index contributed by atoms with van der Waals surface area (Å²) in [6.07, 6.45) is 8.32. The van der Waals surface area contributed by atoms with Crippen LogP contribution in [0.3, 0.4) is 0 Å². The Morgan fingerprint density at radius 1 is 1.82 bits per heavy atom. The molecule has 3 unspecified atom stereocenters. The lowest BCUT2D eigenvalue weighted by Crippen LogP contribution is -2.37. The average Bonchev–Trinajstić information content (AvgIpc) is 2.69. The van der Waals surface area contributed by atoms with Gasteiger partial charge in [0.15, 0.2) is 0 Å². The maximum atomic E-state index is 5.40. The SMILES string of the molecule is C#CCCC(NN)C1CC1C. The Labute approximate surface area is 68.5 Å². The van der Waals surface area contributed by atoms with Crippen LogP contribution in [0.15, 0.2) is 0 Å². The summed E-state index contributed by atoms with van der Waals surface area (Å²) in [6, 6.07) is 0.445. The predicted octanol–water partition coefficient (Wildman–Crippen LogP) is 0.888. The van der Waals surface area contributed by atoms with Crippen molar-refractivity contribution in [1.29, 1.82) is 0 Å². The van der Waals surface area contributed by atoms with E-state index in [0.29, 0.717) is 6.04 Å². The molecule has 2 heteroatoms. The summed E-state index contributed by atoms with van der Waals surface area (Å²) in [4.78, 5) is 0. The maximum absolute atomic E-state index is 5.40. The molecule has 0 heterocycles. The number of hydrazine groups is 1. The van der Waals surface area contributed by atoms with E-state index in [4.69, 9.17) is 12.3 Å². The van der Waals surface area contributed by atoms with Gasteiger partial charge in [0.05, 0.1) is 0 Å². The van der Waals surface area contributed by atoms with E-state index < -0.39 is 0 Å². The molecule has 0 saturated heterocycles. The lowest BCUT2D eigenvalue weighted by Gasteiger charge is -2.13. The van der Waals surface area contributed by atoms with Crippen LogP contribution in [-0.4, -0.2) is 6.04 Å². The Morgan fingerprint density at radius 2 is 2.45 bits per heavy atom. The van der Waals surface area contributed by atoms with E-state index in [1.165, 1.54) is 6.42 Å². The average molecular weight is 152 g/mol. The summed E-state index contributed by atoms with van der Waals surface area (Å²) in [5.74, 6) is 9.65. The van der Waals surface area contributed by atoms with Crippen molar-refractivity contribution in [2.24, 2.45) is 17.7 Å². The van der Waals surface area contributed by atoms with Gasteiger partial charge in [-0.3, -0.25) is 11.3 Å². The zero-order valence-corrected chi connectivity index (χ0v) is 7.01. The van der Waals surface area contributed by atoms with Crippen molar-refractivity contribution in [3.05, 3.63) is 0 Å². The minimum atomic E-state index is 0.445. The molecule has 0 amide bonds. The minimum absolute atomic E-state index is 0.445. The number of nitrogens with one attached hydrogen (secondary N) is 1. The lowest BCUT2D eigenvalue weighted by atomic mass is 10.1. The van der Waals surface area contributed by atoms with Crippen LogP contribution < -0.4 is 11.3 Å². The van der Waals surface area contributed by atoms with Gasteiger partial charge in [-0.15, -0.1) is 12.3 Å². The summed E-state index contributed by atoms with van der Waals surface area (Å²) in [6.45, 7) is 2.25. The Balaban J connectivity index is 2.22. The summed E-state index contributed by atoms with van der Waals surface area (Å²) in [5.41, 5.74) is 2.83. The summed E-state index contributed by atoms with van der Waals surface area (Å²) < 4.78 is 0. The van der Waals surface area contributed by atoms with E-state index in [9.17, 15) is 0 Å². The van der Waals surface area contributed by atoms with Crippen LogP contribution in [0.4, 0.5) is 0 Å². The lowest BCUT2D eigenvalue weighted by molar-refractivity contribution is 0.434. The molecule has 1 aliphatic carbocycles. The molecular weight excluding hydrogens is 136 g/mol. The molecule has 0 radical (unpaired) electrons. The molecule has 1 fully saturated rings. The Kier molecular flexibility index (Phi) is 2.92. The van der Waals surface area contributed by atoms with Gasteiger partial charge in [0.1, 0.15) is 0 Å². The molecule has 11 heavy (non-hydrogen) atoms. The van der Waals surface area contributed by atoms with Crippen LogP contribution in [0.2, 0.25) is 0 Å². The van der Waals surface area contributed by atoms with Gasteiger partial charge in [-0.25, -0.2) is 0 Å². The highest BCUT2D eigenvalue weighted by molar-refractivity contribution is 4.94. The van der Waals surface area contributed by atoms with Crippen molar-refractivity contribution in [1.82, 2.24) is 5.43 Å². The molecule has 0 aromatic carbocycles. The van der Waals surface area contributed by atoms with Crippen LogP contribution in [0, 0.1) is 24.2 Å². The molecule has 0 aromatic rings. The van der Waals surface area contributed by atoms with E-state index in [1.807, 2.05) is 0 Å². The van der Waals surface area contributed by atoms with Crippen LogP contribution in [0.5, 0.6) is 0 Å². The van der Waals surface area contributed by atoms with Crippen molar-refractivity contribution in [2.75, 3.05) is 0 Å². The first-order chi connectivity index (χ1) is 5.29. The van der Waals surface area contributed by atoms with E-state index in [1.54, 1.807) is 0 Å². The third kappa shape index (κ3) is 2.21. The van der Waals surface area contributed by atoms with Crippen LogP contribution in [0.25, 0.3) is 0 Å². The summed E-state index contributed by atoms with van der Waals surface area (Å²) in [7, 11) is 0. The number of terminal acetylenes is 1. The standard InChI is InChI=1S/C9H16N2/c1-3-4-5-9(11-10)8-6-7(8)2/h1,7-9,11H,4-6,10H2,2H3. The van der Waals surface area contributed by atoms with E-state index in [-0.39, 0.29) is 0 Å². The van der Waals surface area contributed by atoms with Gasteiger partial charge < -0.3 is 0 Å². The first-order valence-electron chi connectivity index (χ1n) is 4.19. The highest BCUT2D eigenvalue weighted by Crippen LogP contribution is 2.41. The van der Waals surface area contributed by atoms with Gasteiger partial charge in [0, 0.05) is 12.5 Å². The molecule has 0 aliphatic heterocycles. The van der Waals surface area contributed by atoms with Gasteiger partial charge in [0.25, 0.3) is 0 Å². The fourth-order valence-corrected chi connectivity index (χ4v) is 1.57. The molecule has 0 spiro atoms. The Bertz CT molecular complexity index is 159. The highest BCUT2D eigenvalue weighted by atomic mass is 15.2. The molecule has 3 N–H and O–H groups in total. The first kappa shape index (κ1) is 8.58. The van der Waals surface area contributed by atoms with Gasteiger partial charge in [-0.05, 0) is 24.7 Å². The zero-order valence-electron chi connectivity index (χ0n) is 7.01.